The summed E-state index contributed by atoms with van der Waals surface area (Å²) in [5, 5.41) is 4.21. The molecule has 0 spiro atoms. The molecule has 13 rings (SSSR count). The summed E-state index contributed by atoms with van der Waals surface area (Å²) in [6, 6.07) is 76.5. The van der Waals surface area contributed by atoms with Gasteiger partial charge < -0.3 is 8.83 Å². The summed E-state index contributed by atoms with van der Waals surface area (Å²) < 4.78 is 12.6. The largest absolute Gasteiger partial charge is 0.456 e. The Morgan fingerprint density at radius 1 is 0.206 bits per heavy atom. The van der Waals surface area contributed by atoms with Crippen LogP contribution in [0.25, 0.3) is 134 Å². The highest BCUT2D eigenvalue weighted by atomic mass is 16.3. The van der Waals surface area contributed by atoms with Gasteiger partial charge in [-0.3, -0.25) is 0 Å². The standard InChI is InChI=1S/C61H37N5O2/c1-3-14-38(15-4-1)40-18-12-22-44(33-40)58-62-52(39-16-5-2-6-17-39)37-53(63-58)43-21-11-19-41(32-43)42-20-13-23-45(34-42)59-64-60(46-28-30-50-48-24-7-9-26-54(48)67-56(50)35-46)66-61(65-59)47-29-31-51-49-25-8-10-27-55(49)68-57(51)36-47/h1-37H. The minimum atomic E-state index is 0.535. The lowest BCUT2D eigenvalue weighted by Crippen LogP contribution is -2.00. The fourth-order valence-electron chi connectivity index (χ4n) is 9.14. The van der Waals surface area contributed by atoms with Crippen LogP contribution in [0.4, 0.5) is 0 Å². The van der Waals surface area contributed by atoms with E-state index in [0.29, 0.717) is 23.3 Å². The van der Waals surface area contributed by atoms with Crippen molar-refractivity contribution in [2.75, 3.05) is 0 Å². The first kappa shape index (κ1) is 39.1. The highest BCUT2D eigenvalue weighted by molar-refractivity contribution is 6.07. The number of furan rings is 2. The molecular formula is C61H37N5O2. The molecule has 4 aromatic heterocycles. The van der Waals surface area contributed by atoms with E-state index in [4.69, 9.17) is 33.8 Å². The minimum Gasteiger partial charge on any atom is -0.456 e. The quantitative estimate of drug-likeness (QED) is 0.150. The van der Waals surface area contributed by atoms with Crippen molar-refractivity contribution in [3.8, 4) is 90.3 Å². The zero-order valence-electron chi connectivity index (χ0n) is 36.4. The van der Waals surface area contributed by atoms with Gasteiger partial charge in [-0.1, -0.05) is 164 Å². The minimum absolute atomic E-state index is 0.535. The Morgan fingerprint density at radius 2 is 0.559 bits per heavy atom. The predicted molar refractivity (Wildman–Crippen MR) is 273 cm³/mol. The molecule has 0 bridgehead atoms. The van der Waals surface area contributed by atoms with Crippen LogP contribution in [0.3, 0.4) is 0 Å². The monoisotopic (exact) mass is 871 g/mol. The third-order valence-corrected chi connectivity index (χ3v) is 12.5. The summed E-state index contributed by atoms with van der Waals surface area (Å²) in [5.74, 6) is 2.27. The van der Waals surface area contributed by atoms with Gasteiger partial charge in [0.25, 0.3) is 0 Å². The van der Waals surface area contributed by atoms with Crippen molar-refractivity contribution in [2.45, 2.75) is 0 Å². The van der Waals surface area contributed by atoms with Crippen molar-refractivity contribution < 1.29 is 8.83 Å². The van der Waals surface area contributed by atoms with E-state index >= 15 is 0 Å². The topological polar surface area (TPSA) is 90.7 Å². The summed E-state index contributed by atoms with van der Waals surface area (Å²) in [7, 11) is 0. The van der Waals surface area contributed by atoms with Gasteiger partial charge in [0.05, 0.1) is 11.4 Å². The van der Waals surface area contributed by atoms with E-state index in [-0.39, 0.29) is 0 Å². The molecule has 0 saturated carbocycles. The smallest absolute Gasteiger partial charge is 0.164 e. The Labute approximate surface area is 390 Å². The highest BCUT2D eigenvalue weighted by Gasteiger charge is 2.18. The fraction of sp³-hybridized carbons (Fsp3) is 0. The summed E-state index contributed by atoms with van der Waals surface area (Å²) >= 11 is 0. The Bertz CT molecular complexity index is 3910. The highest BCUT2D eigenvalue weighted by Crippen LogP contribution is 2.37. The zero-order valence-corrected chi connectivity index (χ0v) is 36.4. The van der Waals surface area contributed by atoms with E-state index in [9.17, 15) is 0 Å². The molecule has 7 nitrogen and oxygen atoms in total. The molecule has 0 unspecified atom stereocenters. The second kappa shape index (κ2) is 16.3. The van der Waals surface area contributed by atoms with Crippen LogP contribution in [0.5, 0.6) is 0 Å². The van der Waals surface area contributed by atoms with Crippen LogP contribution in [0.1, 0.15) is 0 Å². The first-order valence-electron chi connectivity index (χ1n) is 22.5. The SMILES string of the molecule is c1ccc(-c2cccc(-c3nc(-c4ccccc4)cc(-c4cccc(-c5cccc(-c6nc(-c7ccc8c(c7)oc7ccccc78)nc(-c7ccc8c(c7)oc7ccccc78)n6)c5)c4)n3)c2)cc1. The molecule has 0 atom stereocenters. The normalized spacial score (nSPS) is 11.5. The Balaban J connectivity index is 0.912. The van der Waals surface area contributed by atoms with Gasteiger partial charge in [0.1, 0.15) is 22.3 Å². The second-order valence-electron chi connectivity index (χ2n) is 16.9. The summed E-state index contributed by atoms with van der Waals surface area (Å²) in [5.41, 5.74) is 14.6. The van der Waals surface area contributed by atoms with Crippen LogP contribution in [0, 0.1) is 0 Å². The lowest BCUT2D eigenvalue weighted by Gasteiger charge is -2.12. The molecule has 7 heteroatoms. The van der Waals surface area contributed by atoms with Gasteiger partial charge in [0.2, 0.25) is 0 Å². The van der Waals surface area contributed by atoms with Crippen molar-refractivity contribution in [1.82, 2.24) is 24.9 Å². The van der Waals surface area contributed by atoms with E-state index in [2.05, 4.69) is 146 Å². The third kappa shape index (κ3) is 7.16. The van der Waals surface area contributed by atoms with Gasteiger partial charge in [-0.05, 0) is 82.9 Å². The van der Waals surface area contributed by atoms with Crippen LogP contribution in [0.15, 0.2) is 233 Å². The number of rotatable bonds is 8. The maximum absolute atomic E-state index is 6.32. The van der Waals surface area contributed by atoms with Crippen LogP contribution in [-0.4, -0.2) is 24.9 Å². The van der Waals surface area contributed by atoms with E-state index in [1.807, 2.05) is 78.9 Å². The molecule has 4 heterocycles. The van der Waals surface area contributed by atoms with Gasteiger partial charge in [-0.2, -0.15) is 0 Å². The number of fused-ring (bicyclic) bond motifs is 6. The van der Waals surface area contributed by atoms with Gasteiger partial charge in [0.15, 0.2) is 23.3 Å². The second-order valence-corrected chi connectivity index (χ2v) is 16.9. The Hall–Kier alpha value is -9.33. The van der Waals surface area contributed by atoms with Crippen molar-refractivity contribution in [3.63, 3.8) is 0 Å². The van der Waals surface area contributed by atoms with E-state index in [1.54, 1.807) is 0 Å². The molecule has 0 saturated heterocycles. The maximum Gasteiger partial charge on any atom is 0.164 e. The van der Waals surface area contributed by atoms with Gasteiger partial charge in [-0.25, -0.2) is 24.9 Å². The van der Waals surface area contributed by atoms with Crippen LogP contribution in [-0.2, 0) is 0 Å². The van der Waals surface area contributed by atoms with E-state index in [0.717, 1.165) is 111 Å². The first-order chi connectivity index (χ1) is 33.6. The number of hydrogen-bond donors (Lipinski definition) is 0. The lowest BCUT2D eigenvalue weighted by molar-refractivity contribution is 0.668. The number of benzene rings is 9. The summed E-state index contributed by atoms with van der Waals surface area (Å²) in [6.07, 6.45) is 0. The molecule has 0 fully saturated rings. The molecule has 9 aromatic carbocycles. The van der Waals surface area contributed by atoms with Gasteiger partial charge in [0, 0.05) is 54.9 Å². The summed E-state index contributed by atoms with van der Waals surface area (Å²) in [6.45, 7) is 0. The molecule has 13 aromatic rings. The van der Waals surface area contributed by atoms with Crippen molar-refractivity contribution in [2.24, 2.45) is 0 Å². The molecule has 68 heavy (non-hydrogen) atoms. The van der Waals surface area contributed by atoms with E-state index in [1.165, 1.54) is 0 Å². The Kier molecular flexibility index (Phi) is 9.35. The van der Waals surface area contributed by atoms with Crippen molar-refractivity contribution in [3.05, 3.63) is 224 Å². The average Bonchev–Trinajstić information content (AvgIpc) is 3.99. The van der Waals surface area contributed by atoms with Gasteiger partial charge in [-0.15, -0.1) is 0 Å². The molecule has 0 amide bonds. The molecular weight excluding hydrogens is 835 g/mol. The Morgan fingerprint density at radius 3 is 1.09 bits per heavy atom. The molecule has 0 aliphatic carbocycles. The van der Waals surface area contributed by atoms with Crippen LogP contribution < -0.4 is 0 Å². The lowest BCUT2D eigenvalue weighted by atomic mass is 9.98. The average molecular weight is 872 g/mol. The van der Waals surface area contributed by atoms with Gasteiger partial charge >= 0.3 is 0 Å². The van der Waals surface area contributed by atoms with Crippen molar-refractivity contribution in [1.29, 1.82) is 0 Å². The molecule has 0 aliphatic heterocycles. The number of para-hydroxylation sites is 2. The van der Waals surface area contributed by atoms with Crippen LogP contribution >= 0.6 is 0 Å². The fourth-order valence-corrected chi connectivity index (χ4v) is 9.14. The van der Waals surface area contributed by atoms with Crippen molar-refractivity contribution >= 4 is 43.9 Å². The number of nitrogens with zero attached hydrogens (tertiary/aromatic N) is 5. The third-order valence-electron chi connectivity index (χ3n) is 12.5. The number of aromatic nitrogens is 5. The molecule has 0 radical (unpaired) electrons. The molecule has 318 valence electrons. The molecule has 0 aliphatic rings. The van der Waals surface area contributed by atoms with Crippen LogP contribution in [0.2, 0.25) is 0 Å². The summed E-state index contributed by atoms with van der Waals surface area (Å²) in [4.78, 5) is 25.8. The molecule has 0 N–H and O–H groups in total. The zero-order chi connectivity index (χ0) is 45.0. The first-order valence-corrected chi connectivity index (χ1v) is 22.5. The maximum atomic E-state index is 6.32. The van der Waals surface area contributed by atoms with E-state index < -0.39 is 0 Å². The number of hydrogen-bond acceptors (Lipinski definition) is 7. The predicted octanol–water partition coefficient (Wildman–Crippen LogP) is 15.8.